The summed E-state index contributed by atoms with van der Waals surface area (Å²) >= 11 is 0. The molecule has 1 aromatic carbocycles. The summed E-state index contributed by atoms with van der Waals surface area (Å²) in [6.45, 7) is 10.7. The van der Waals surface area contributed by atoms with E-state index in [9.17, 15) is 0 Å². The summed E-state index contributed by atoms with van der Waals surface area (Å²) in [5, 5.41) is 8.76. The largest absolute Gasteiger partial charge is 0.376 e. The fourth-order valence-corrected chi connectivity index (χ4v) is 3.92. The Morgan fingerprint density at radius 2 is 2.08 bits per heavy atom. The fraction of sp³-hybridized carbons (Fsp3) is 0.600. The van der Waals surface area contributed by atoms with Gasteiger partial charge in [0.2, 0.25) is 0 Å². The van der Waals surface area contributed by atoms with E-state index in [4.69, 9.17) is 4.74 Å². The van der Waals surface area contributed by atoms with Crippen LogP contribution in [0.15, 0.2) is 24.4 Å². The van der Waals surface area contributed by atoms with Gasteiger partial charge in [-0.25, -0.2) is 4.68 Å². The van der Waals surface area contributed by atoms with Crippen molar-refractivity contribution in [1.29, 1.82) is 0 Å². The van der Waals surface area contributed by atoms with Crippen molar-refractivity contribution in [3.8, 4) is 11.3 Å². The summed E-state index contributed by atoms with van der Waals surface area (Å²) in [6.07, 6.45) is 5.88. The molecule has 0 saturated carbocycles. The van der Waals surface area contributed by atoms with E-state index in [2.05, 4.69) is 60.4 Å². The maximum Gasteiger partial charge on any atom is 0.113 e. The smallest absolute Gasteiger partial charge is 0.113 e. The number of aromatic nitrogens is 3. The number of nitrogens with zero attached hydrogens (tertiary/aromatic N) is 4. The SMILES string of the molecule is Cc1ccc(N2CC(C)(C)C2)cc1-c1cn(C[C@H]2CCCCO2)nn1. The fourth-order valence-electron chi connectivity index (χ4n) is 3.92. The van der Waals surface area contributed by atoms with Crippen molar-refractivity contribution in [2.75, 3.05) is 24.6 Å². The Bertz CT molecular complexity index is 738. The first-order valence-corrected chi connectivity index (χ1v) is 9.38. The van der Waals surface area contributed by atoms with Crippen LogP contribution >= 0.6 is 0 Å². The van der Waals surface area contributed by atoms with Gasteiger partial charge in [0, 0.05) is 30.9 Å². The number of hydrogen-bond donors (Lipinski definition) is 0. The average Bonchev–Trinajstić information content (AvgIpc) is 3.02. The Labute approximate surface area is 150 Å². The molecular weight excluding hydrogens is 312 g/mol. The summed E-state index contributed by atoms with van der Waals surface area (Å²) in [5.74, 6) is 0. The van der Waals surface area contributed by atoms with Crippen molar-refractivity contribution in [2.45, 2.75) is 52.7 Å². The summed E-state index contributed by atoms with van der Waals surface area (Å²) in [5.41, 5.74) is 5.08. The minimum atomic E-state index is 0.277. The lowest BCUT2D eigenvalue weighted by Crippen LogP contribution is -2.53. The molecule has 2 aliphatic heterocycles. The molecule has 2 aromatic rings. The summed E-state index contributed by atoms with van der Waals surface area (Å²) in [7, 11) is 0. The van der Waals surface area contributed by atoms with Crippen molar-refractivity contribution < 1.29 is 4.74 Å². The zero-order valence-corrected chi connectivity index (χ0v) is 15.5. The third kappa shape index (κ3) is 3.56. The lowest BCUT2D eigenvalue weighted by molar-refractivity contribution is 0.00370. The van der Waals surface area contributed by atoms with Crippen LogP contribution in [0.25, 0.3) is 11.3 Å². The van der Waals surface area contributed by atoms with Crippen molar-refractivity contribution >= 4 is 5.69 Å². The van der Waals surface area contributed by atoms with Gasteiger partial charge in [0.1, 0.15) is 5.69 Å². The first-order chi connectivity index (χ1) is 12.0. The first kappa shape index (κ1) is 16.6. The van der Waals surface area contributed by atoms with Gasteiger partial charge in [-0.05, 0) is 49.3 Å². The lowest BCUT2D eigenvalue weighted by atomic mass is 9.84. The zero-order chi connectivity index (χ0) is 17.4. The van der Waals surface area contributed by atoms with Crippen LogP contribution in [-0.4, -0.2) is 40.8 Å². The normalized spacial score (nSPS) is 22.7. The Morgan fingerprint density at radius 1 is 1.24 bits per heavy atom. The highest BCUT2D eigenvalue weighted by molar-refractivity contribution is 5.69. The highest BCUT2D eigenvalue weighted by atomic mass is 16.5. The van der Waals surface area contributed by atoms with E-state index in [0.717, 1.165) is 38.4 Å². The second-order valence-electron chi connectivity index (χ2n) is 8.33. The van der Waals surface area contributed by atoms with Crippen molar-refractivity contribution in [3.63, 3.8) is 0 Å². The van der Waals surface area contributed by atoms with Gasteiger partial charge in [-0.3, -0.25) is 0 Å². The molecule has 0 N–H and O–H groups in total. The van der Waals surface area contributed by atoms with Crippen LogP contribution in [0.4, 0.5) is 5.69 Å². The predicted octanol–water partition coefficient (Wildman–Crippen LogP) is 3.67. The van der Waals surface area contributed by atoms with Gasteiger partial charge in [-0.15, -0.1) is 5.10 Å². The minimum absolute atomic E-state index is 0.277. The van der Waals surface area contributed by atoms with Crippen LogP contribution in [0, 0.1) is 12.3 Å². The van der Waals surface area contributed by atoms with Crippen molar-refractivity contribution in [3.05, 3.63) is 30.0 Å². The van der Waals surface area contributed by atoms with Crippen LogP contribution in [0.3, 0.4) is 0 Å². The lowest BCUT2D eigenvalue weighted by Gasteiger charge is -2.47. The van der Waals surface area contributed by atoms with Gasteiger partial charge in [0.25, 0.3) is 0 Å². The van der Waals surface area contributed by atoms with E-state index in [1.165, 1.54) is 29.7 Å². The molecule has 0 spiro atoms. The average molecular weight is 340 g/mol. The number of rotatable bonds is 4. The first-order valence-electron chi connectivity index (χ1n) is 9.38. The van der Waals surface area contributed by atoms with Crippen LogP contribution in [0.5, 0.6) is 0 Å². The molecule has 134 valence electrons. The van der Waals surface area contributed by atoms with Gasteiger partial charge in [-0.2, -0.15) is 0 Å². The Kier molecular flexibility index (Phi) is 4.28. The molecule has 2 fully saturated rings. The molecule has 0 amide bonds. The van der Waals surface area contributed by atoms with E-state index in [1.54, 1.807) is 0 Å². The number of benzene rings is 1. The van der Waals surface area contributed by atoms with E-state index in [1.807, 2.05) is 4.68 Å². The molecule has 0 bridgehead atoms. The molecule has 0 aliphatic carbocycles. The highest BCUT2D eigenvalue weighted by Crippen LogP contribution is 2.35. The summed E-state index contributed by atoms with van der Waals surface area (Å²) in [4.78, 5) is 2.43. The third-order valence-corrected chi connectivity index (χ3v) is 5.30. The summed E-state index contributed by atoms with van der Waals surface area (Å²) in [6, 6.07) is 6.67. The van der Waals surface area contributed by atoms with Gasteiger partial charge >= 0.3 is 0 Å². The molecule has 5 heteroatoms. The Morgan fingerprint density at radius 3 is 2.80 bits per heavy atom. The molecule has 0 radical (unpaired) electrons. The van der Waals surface area contributed by atoms with Crippen LogP contribution in [-0.2, 0) is 11.3 Å². The highest BCUT2D eigenvalue weighted by Gasteiger charge is 2.34. The predicted molar refractivity (Wildman–Crippen MR) is 99.8 cm³/mol. The minimum Gasteiger partial charge on any atom is -0.376 e. The molecule has 25 heavy (non-hydrogen) atoms. The van der Waals surface area contributed by atoms with Crippen LogP contribution in [0.1, 0.15) is 38.7 Å². The number of ether oxygens (including phenoxy) is 1. The second kappa shape index (κ2) is 6.45. The molecule has 0 unspecified atom stereocenters. The van der Waals surface area contributed by atoms with Crippen LogP contribution < -0.4 is 4.90 Å². The number of anilines is 1. The quantitative estimate of drug-likeness (QED) is 0.852. The standard InChI is InChI=1S/C20H28N4O/c1-15-7-8-16(23-13-20(2,3)14-23)10-18(15)19-12-24(22-21-19)11-17-6-4-5-9-25-17/h7-8,10,12,17H,4-6,9,11,13-14H2,1-3H3/t17-/m1/s1. The maximum atomic E-state index is 5.82. The molecule has 2 saturated heterocycles. The van der Waals surface area contributed by atoms with Crippen molar-refractivity contribution in [2.24, 2.45) is 5.41 Å². The van der Waals surface area contributed by atoms with Crippen molar-refractivity contribution in [1.82, 2.24) is 15.0 Å². The molecule has 3 heterocycles. The van der Waals surface area contributed by atoms with E-state index >= 15 is 0 Å². The Balaban J connectivity index is 1.51. The van der Waals surface area contributed by atoms with E-state index < -0.39 is 0 Å². The maximum absolute atomic E-state index is 5.82. The Hall–Kier alpha value is -1.88. The molecule has 4 rings (SSSR count). The third-order valence-electron chi connectivity index (χ3n) is 5.30. The number of hydrogen-bond acceptors (Lipinski definition) is 4. The zero-order valence-electron chi connectivity index (χ0n) is 15.5. The van der Waals surface area contributed by atoms with Gasteiger partial charge < -0.3 is 9.64 Å². The topological polar surface area (TPSA) is 43.2 Å². The number of aryl methyl sites for hydroxylation is 1. The van der Waals surface area contributed by atoms with E-state index in [0.29, 0.717) is 5.41 Å². The van der Waals surface area contributed by atoms with Gasteiger partial charge in [-0.1, -0.05) is 25.1 Å². The van der Waals surface area contributed by atoms with Gasteiger partial charge in [0.05, 0.1) is 18.8 Å². The summed E-state index contributed by atoms with van der Waals surface area (Å²) < 4.78 is 7.75. The molecular formula is C20H28N4O. The molecule has 1 atom stereocenters. The van der Waals surface area contributed by atoms with Crippen LogP contribution in [0.2, 0.25) is 0 Å². The second-order valence-corrected chi connectivity index (χ2v) is 8.33. The van der Waals surface area contributed by atoms with Gasteiger partial charge in [0.15, 0.2) is 0 Å². The monoisotopic (exact) mass is 340 g/mol. The van der Waals surface area contributed by atoms with E-state index in [-0.39, 0.29) is 6.10 Å². The molecule has 1 aromatic heterocycles. The molecule has 2 aliphatic rings. The molecule has 5 nitrogen and oxygen atoms in total.